The van der Waals surface area contributed by atoms with E-state index < -0.39 is 0 Å². The molecule has 1 saturated heterocycles. The van der Waals surface area contributed by atoms with Crippen LogP contribution in [0.2, 0.25) is 0 Å². The van der Waals surface area contributed by atoms with Crippen molar-refractivity contribution in [1.29, 1.82) is 0 Å². The molecule has 1 heterocycles. The highest BCUT2D eigenvalue weighted by Gasteiger charge is 2.35. The average Bonchev–Trinajstić information content (AvgIpc) is 2.49. The van der Waals surface area contributed by atoms with Crippen LogP contribution < -0.4 is 5.73 Å². The summed E-state index contributed by atoms with van der Waals surface area (Å²) in [5.74, 6) is 0.954. The number of carbonyl (C=O) groups is 1. The molecule has 0 spiro atoms. The number of hydrogen-bond acceptors (Lipinski definition) is 3. The molecule has 1 aliphatic carbocycles. The predicted molar refractivity (Wildman–Crippen MR) is 87.6 cm³/mol. The Kier molecular flexibility index (Phi) is 7.99. The van der Waals surface area contributed by atoms with Crippen molar-refractivity contribution < 1.29 is 9.53 Å². The van der Waals surface area contributed by atoms with E-state index in [0.717, 1.165) is 45.4 Å². The summed E-state index contributed by atoms with van der Waals surface area (Å²) in [6, 6.07) is 0. The second-order valence-electron chi connectivity index (χ2n) is 6.72. The lowest BCUT2D eigenvalue weighted by Gasteiger charge is -2.39. The number of hydrogen-bond donors (Lipinski definition) is 1. The first-order valence-electron chi connectivity index (χ1n) is 8.16. The number of rotatable bonds is 5. The van der Waals surface area contributed by atoms with E-state index in [2.05, 4.69) is 4.90 Å². The lowest BCUT2D eigenvalue weighted by atomic mass is 9.71. The van der Waals surface area contributed by atoms with Gasteiger partial charge in [0.05, 0.1) is 0 Å². The zero-order valence-electron chi connectivity index (χ0n) is 13.3. The number of nitrogens with zero attached hydrogens (tertiary/aromatic N) is 1. The Bertz CT molecular complexity index is 311. The molecule has 1 saturated carbocycles. The minimum absolute atomic E-state index is 0. The molecule has 1 aliphatic heterocycles. The van der Waals surface area contributed by atoms with Gasteiger partial charge in [0.25, 0.3) is 0 Å². The second kappa shape index (κ2) is 8.96. The molecule has 0 atom stereocenters. The number of methoxy groups -OCH3 is 1. The first-order chi connectivity index (χ1) is 9.69. The number of piperidine rings is 1. The molecule has 2 rings (SSSR count). The molecule has 21 heavy (non-hydrogen) atoms. The minimum atomic E-state index is 0. The normalized spacial score (nSPS) is 22.7. The third-order valence-corrected chi connectivity index (χ3v) is 5.24. The van der Waals surface area contributed by atoms with Crippen molar-refractivity contribution in [2.75, 3.05) is 33.4 Å². The summed E-state index contributed by atoms with van der Waals surface area (Å²) in [7, 11) is 1.76. The number of amides is 1. The zero-order valence-corrected chi connectivity index (χ0v) is 14.1. The van der Waals surface area contributed by atoms with Gasteiger partial charge in [-0.1, -0.05) is 19.3 Å². The summed E-state index contributed by atoms with van der Waals surface area (Å²) in [4.78, 5) is 14.6. The summed E-state index contributed by atoms with van der Waals surface area (Å²) < 4.78 is 5.21. The molecule has 0 unspecified atom stereocenters. The van der Waals surface area contributed by atoms with Crippen molar-refractivity contribution in [2.45, 2.75) is 51.4 Å². The number of nitrogens with two attached hydrogens (primary N) is 1. The van der Waals surface area contributed by atoms with E-state index in [-0.39, 0.29) is 17.8 Å². The molecule has 0 radical (unpaired) electrons. The van der Waals surface area contributed by atoms with E-state index in [9.17, 15) is 4.79 Å². The second-order valence-corrected chi connectivity index (χ2v) is 6.72. The average molecular weight is 319 g/mol. The molecule has 1 amide bonds. The number of halogens is 1. The minimum Gasteiger partial charge on any atom is -0.384 e. The largest absolute Gasteiger partial charge is 0.384 e. The molecule has 124 valence electrons. The van der Waals surface area contributed by atoms with Crippen molar-refractivity contribution in [3.63, 3.8) is 0 Å². The fraction of sp³-hybridized carbons (Fsp3) is 0.938. The topological polar surface area (TPSA) is 55.6 Å². The molecule has 0 aromatic carbocycles. The lowest BCUT2D eigenvalue weighted by Crippen LogP contribution is -2.44. The Morgan fingerprint density at radius 1 is 1.24 bits per heavy atom. The molecule has 5 heteroatoms. The van der Waals surface area contributed by atoms with Crippen LogP contribution in [0.4, 0.5) is 0 Å². The molecule has 2 N–H and O–H groups in total. The van der Waals surface area contributed by atoms with Crippen LogP contribution in [0, 0.1) is 11.3 Å². The van der Waals surface area contributed by atoms with Gasteiger partial charge in [-0.3, -0.25) is 4.79 Å². The third-order valence-electron chi connectivity index (χ3n) is 5.24. The van der Waals surface area contributed by atoms with Crippen LogP contribution in [0.25, 0.3) is 0 Å². The van der Waals surface area contributed by atoms with Crippen LogP contribution in [-0.4, -0.2) is 44.2 Å². The van der Waals surface area contributed by atoms with E-state index in [0.29, 0.717) is 24.8 Å². The monoisotopic (exact) mass is 318 g/mol. The van der Waals surface area contributed by atoms with Gasteiger partial charge in [0.1, 0.15) is 0 Å². The van der Waals surface area contributed by atoms with Gasteiger partial charge >= 0.3 is 0 Å². The maximum Gasteiger partial charge on any atom is 0.223 e. The summed E-state index contributed by atoms with van der Waals surface area (Å²) in [5.41, 5.74) is 6.09. The Labute approximate surface area is 135 Å². The predicted octanol–water partition coefficient (Wildman–Crippen LogP) is 2.59. The lowest BCUT2D eigenvalue weighted by molar-refractivity contribution is -0.135. The number of likely N-dealkylation sites (tertiary alicyclic amines) is 1. The van der Waals surface area contributed by atoms with Gasteiger partial charge in [0, 0.05) is 33.2 Å². The van der Waals surface area contributed by atoms with Gasteiger partial charge in [-0.2, -0.15) is 0 Å². The zero-order chi connectivity index (χ0) is 14.4. The van der Waals surface area contributed by atoms with Gasteiger partial charge in [0.2, 0.25) is 5.91 Å². The highest BCUT2D eigenvalue weighted by molar-refractivity contribution is 5.85. The number of carbonyl (C=O) groups excluding carboxylic acids is 1. The van der Waals surface area contributed by atoms with Crippen molar-refractivity contribution >= 4 is 18.3 Å². The van der Waals surface area contributed by atoms with E-state index in [1.54, 1.807) is 7.11 Å². The number of ether oxygens (including phenoxy) is 1. The molecule has 2 fully saturated rings. The quantitative estimate of drug-likeness (QED) is 0.847. The highest BCUT2D eigenvalue weighted by Crippen LogP contribution is 2.39. The molecule has 0 aromatic rings. The van der Waals surface area contributed by atoms with Crippen molar-refractivity contribution in [2.24, 2.45) is 17.1 Å². The van der Waals surface area contributed by atoms with Crippen LogP contribution >= 0.6 is 12.4 Å². The first kappa shape index (κ1) is 18.7. The van der Waals surface area contributed by atoms with E-state index >= 15 is 0 Å². The summed E-state index contributed by atoms with van der Waals surface area (Å²) >= 11 is 0. The molecular weight excluding hydrogens is 288 g/mol. The van der Waals surface area contributed by atoms with Crippen LogP contribution in [0.15, 0.2) is 0 Å². The van der Waals surface area contributed by atoms with Crippen LogP contribution in [0.5, 0.6) is 0 Å². The highest BCUT2D eigenvalue weighted by atomic mass is 35.5. The Hall–Kier alpha value is -0.320. The molecule has 2 aliphatic rings. The first-order valence-corrected chi connectivity index (χ1v) is 8.16. The Balaban J connectivity index is 0.00000220. The van der Waals surface area contributed by atoms with Crippen LogP contribution in [-0.2, 0) is 9.53 Å². The van der Waals surface area contributed by atoms with E-state index in [1.807, 2.05) is 0 Å². The van der Waals surface area contributed by atoms with Gasteiger partial charge in [-0.05, 0) is 43.6 Å². The Morgan fingerprint density at radius 2 is 1.86 bits per heavy atom. The summed E-state index contributed by atoms with van der Waals surface area (Å²) in [6.45, 7) is 3.29. The smallest absolute Gasteiger partial charge is 0.223 e. The van der Waals surface area contributed by atoms with Crippen molar-refractivity contribution in [3.05, 3.63) is 0 Å². The van der Waals surface area contributed by atoms with Crippen molar-refractivity contribution in [3.8, 4) is 0 Å². The Morgan fingerprint density at radius 3 is 2.38 bits per heavy atom. The van der Waals surface area contributed by atoms with Gasteiger partial charge in [0.15, 0.2) is 0 Å². The van der Waals surface area contributed by atoms with E-state index in [4.69, 9.17) is 10.5 Å². The SMILES string of the molecule is COCC1CCN(C(=O)CC2(CN)CCCCC2)CC1.Cl. The molecule has 0 aromatic heterocycles. The van der Waals surface area contributed by atoms with Gasteiger partial charge in [-0.25, -0.2) is 0 Å². The fourth-order valence-corrected chi connectivity index (χ4v) is 3.77. The van der Waals surface area contributed by atoms with Crippen LogP contribution in [0.1, 0.15) is 51.4 Å². The third kappa shape index (κ3) is 5.11. The standard InChI is InChI=1S/C16H30N2O2.ClH/c1-20-12-14-5-9-18(10-6-14)15(19)11-16(13-17)7-3-2-4-8-16;/h14H,2-13,17H2,1H3;1H. The van der Waals surface area contributed by atoms with Gasteiger partial charge in [-0.15, -0.1) is 12.4 Å². The maximum atomic E-state index is 12.5. The fourth-order valence-electron chi connectivity index (χ4n) is 3.77. The van der Waals surface area contributed by atoms with Gasteiger partial charge < -0.3 is 15.4 Å². The van der Waals surface area contributed by atoms with E-state index in [1.165, 1.54) is 19.3 Å². The maximum absolute atomic E-state index is 12.5. The molecule has 4 nitrogen and oxygen atoms in total. The van der Waals surface area contributed by atoms with Crippen molar-refractivity contribution in [1.82, 2.24) is 4.90 Å². The molecular formula is C16H31ClN2O2. The summed E-state index contributed by atoms with van der Waals surface area (Å²) in [6.07, 6.45) is 8.87. The van der Waals surface area contributed by atoms with Crippen LogP contribution in [0.3, 0.4) is 0 Å². The molecule has 0 bridgehead atoms. The summed E-state index contributed by atoms with van der Waals surface area (Å²) in [5, 5.41) is 0.